The van der Waals surface area contributed by atoms with Gasteiger partial charge < -0.3 is 20.3 Å². The Labute approximate surface area is 229 Å². The lowest BCUT2D eigenvalue weighted by molar-refractivity contribution is -0.136. The van der Waals surface area contributed by atoms with Crippen molar-refractivity contribution in [1.82, 2.24) is 20.4 Å². The van der Waals surface area contributed by atoms with Crippen molar-refractivity contribution in [3.8, 4) is 0 Å². The van der Waals surface area contributed by atoms with Gasteiger partial charge in [-0.2, -0.15) is 0 Å². The van der Waals surface area contributed by atoms with Crippen molar-refractivity contribution in [2.75, 3.05) is 52.5 Å². The van der Waals surface area contributed by atoms with Gasteiger partial charge in [0.15, 0.2) is 0 Å². The maximum absolute atomic E-state index is 13.5. The molecule has 0 aromatic heterocycles. The average molecular weight is 554 g/mol. The van der Waals surface area contributed by atoms with E-state index in [1.807, 2.05) is 4.90 Å². The lowest BCUT2D eigenvalue weighted by Gasteiger charge is -2.40. The molecule has 0 radical (unpaired) electrons. The Morgan fingerprint density at radius 2 is 1.59 bits per heavy atom. The van der Waals surface area contributed by atoms with E-state index < -0.39 is 11.9 Å². The normalized spacial score (nSPS) is 20.5. The van der Waals surface area contributed by atoms with Crippen molar-refractivity contribution in [1.29, 1.82) is 0 Å². The molecule has 1 aliphatic carbocycles. The molecule has 2 heterocycles. The number of likely N-dealkylation sites (tertiary alicyclic amines) is 1. The smallest absolute Gasteiger partial charge is 0.252 e. The highest BCUT2D eigenvalue weighted by atomic mass is 35.5. The number of benzene rings is 1. The average Bonchev–Trinajstić information content (AvgIpc) is 3.34. The standard InChI is InChI=1S/C27H38Cl2N4O4/c28-21-17-20(18-22(29)19-21)25(35)31-23(3-4-24(34)30-9-12-32-13-15-37-16-14-32)26(36)33-10-7-27(8-11-33)5-1-2-6-27/h17-19,23H,1-16H2,(H,30,34)(H,31,35). The molecule has 0 bridgehead atoms. The highest BCUT2D eigenvalue weighted by Crippen LogP contribution is 2.46. The zero-order chi connectivity index (χ0) is 26.3. The second-order valence-corrected chi connectivity index (χ2v) is 11.4. The molecular weight excluding hydrogens is 515 g/mol. The minimum absolute atomic E-state index is 0.129. The quantitative estimate of drug-likeness (QED) is 0.489. The molecule has 204 valence electrons. The molecule has 2 N–H and O–H groups in total. The van der Waals surface area contributed by atoms with E-state index >= 15 is 0 Å². The Kier molecular flexibility index (Phi) is 10.1. The van der Waals surface area contributed by atoms with E-state index in [-0.39, 0.29) is 30.2 Å². The van der Waals surface area contributed by atoms with E-state index in [4.69, 9.17) is 27.9 Å². The number of halogens is 2. The molecule has 1 atom stereocenters. The first-order valence-corrected chi connectivity index (χ1v) is 14.2. The van der Waals surface area contributed by atoms with Crippen molar-refractivity contribution >= 4 is 40.9 Å². The van der Waals surface area contributed by atoms with Crippen LogP contribution < -0.4 is 10.6 Å². The summed E-state index contributed by atoms with van der Waals surface area (Å²) >= 11 is 12.2. The van der Waals surface area contributed by atoms with Gasteiger partial charge in [0.05, 0.1) is 13.2 Å². The maximum atomic E-state index is 13.5. The molecule has 8 nitrogen and oxygen atoms in total. The van der Waals surface area contributed by atoms with Crippen LogP contribution in [-0.2, 0) is 14.3 Å². The van der Waals surface area contributed by atoms with Crippen LogP contribution in [0.15, 0.2) is 18.2 Å². The molecular formula is C27H38Cl2N4O4. The van der Waals surface area contributed by atoms with Gasteiger partial charge in [-0.1, -0.05) is 36.0 Å². The largest absolute Gasteiger partial charge is 0.379 e. The number of carbonyl (C=O) groups excluding carboxylic acids is 3. The molecule has 1 spiro atoms. The zero-order valence-electron chi connectivity index (χ0n) is 21.4. The van der Waals surface area contributed by atoms with Crippen molar-refractivity contribution in [3.63, 3.8) is 0 Å². The van der Waals surface area contributed by atoms with Crippen LogP contribution in [0, 0.1) is 5.41 Å². The number of ether oxygens (including phenoxy) is 1. The van der Waals surface area contributed by atoms with Gasteiger partial charge in [-0.15, -0.1) is 0 Å². The Bertz CT molecular complexity index is 933. The molecule has 1 saturated carbocycles. The first-order valence-electron chi connectivity index (χ1n) is 13.5. The Morgan fingerprint density at radius 1 is 0.946 bits per heavy atom. The predicted molar refractivity (Wildman–Crippen MR) is 144 cm³/mol. The number of piperidine rings is 1. The molecule has 2 aliphatic heterocycles. The summed E-state index contributed by atoms with van der Waals surface area (Å²) < 4.78 is 5.35. The summed E-state index contributed by atoms with van der Waals surface area (Å²) in [7, 11) is 0. The summed E-state index contributed by atoms with van der Waals surface area (Å²) in [6.07, 6.45) is 7.42. The number of nitrogens with one attached hydrogen (secondary N) is 2. The number of carbonyl (C=O) groups is 3. The summed E-state index contributed by atoms with van der Waals surface area (Å²) in [6, 6.07) is 3.80. The summed E-state index contributed by atoms with van der Waals surface area (Å²) in [4.78, 5) is 43.3. The van der Waals surface area contributed by atoms with Crippen LogP contribution in [0.2, 0.25) is 10.0 Å². The number of nitrogens with zero attached hydrogens (tertiary/aromatic N) is 2. The lowest BCUT2D eigenvalue weighted by atomic mass is 9.77. The lowest BCUT2D eigenvalue weighted by Crippen LogP contribution is -2.52. The van der Waals surface area contributed by atoms with Crippen molar-refractivity contribution in [3.05, 3.63) is 33.8 Å². The molecule has 3 fully saturated rings. The fourth-order valence-electron chi connectivity index (χ4n) is 5.77. The first-order chi connectivity index (χ1) is 17.8. The van der Waals surface area contributed by atoms with Gasteiger partial charge in [-0.3, -0.25) is 19.3 Å². The second-order valence-electron chi connectivity index (χ2n) is 10.6. The van der Waals surface area contributed by atoms with Gasteiger partial charge in [0.1, 0.15) is 6.04 Å². The number of hydrogen-bond donors (Lipinski definition) is 2. The number of hydrogen-bond acceptors (Lipinski definition) is 5. The highest BCUT2D eigenvalue weighted by molar-refractivity contribution is 6.35. The fraction of sp³-hybridized carbons (Fsp3) is 0.667. The van der Waals surface area contributed by atoms with E-state index in [9.17, 15) is 14.4 Å². The Balaban J connectivity index is 1.34. The van der Waals surface area contributed by atoms with Gasteiger partial charge in [0.25, 0.3) is 5.91 Å². The van der Waals surface area contributed by atoms with E-state index in [0.717, 1.165) is 32.5 Å². The fourth-order valence-corrected chi connectivity index (χ4v) is 6.30. The van der Waals surface area contributed by atoms with Gasteiger partial charge in [-0.25, -0.2) is 0 Å². The second kappa shape index (κ2) is 13.3. The van der Waals surface area contributed by atoms with Gasteiger partial charge in [0.2, 0.25) is 11.8 Å². The van der Waals surface area contributed by atoms with Crippen LogP contribution in [0.1, 0.15) is 61.7 Å². The SMILES string of the molecule is O=C(CCC(NC(=O)c1cc(Cl)cc(Cl)c1)C(=O)N1CCC2(CCCC2)CC1)NCCN1CCOCC1. The monoisotopic (exact) mass is 552 g/mol. The van der Waals surface area contributed by atoms with Crippen LogP contribution in [0.4, 0.5) is 0 Å². The molecule has 10 heteroatoms. The molecule has 3 aliphatic rings. The molecule has 3 amide bonds. The Morgan fingerprint density at radius 3 is 2.24 bits per heavy atom. The van der Waals surface area contributed by atoms with Gasteiger partial charge in [-0.05, 0) is 55.7 Å². The third kappa shape index (κ3) is 8.06. The maximum Gasteiger partial charge on any atom is 0.252 e. The molecule has 37 heavy (non-hydrogen) atoms. The number of morpholine rings is 1. The van der Waals surface area contributed by atoms with Gasteiger partial charge >= 0.3 is 0 Å². The predicted octanol–water partition coefficient (Wildman–Crippen LogP) is 3.50. The number of rotatable bonds is 9. The molecule has 1 aromatic rings. The van der Waals surface area contributed by atoms with Crippen molar-refractivity contribution in [2.45, 2.75) is 57.4 Å². The minimum Gasteiger partial charge on any atom is -0.379 e. The summed E-state index contributed by atoms with van der Waals surface area (Å²) in [5.41, 5.74) is 0.668. The molecule has 4 rings (SSSR count). The Hall–Kier alpha value is -1.87. The van der Waals surface area contributed by atoms with E-state index in [2.05, 4.69) is 15.5 Å². The first kappa shape index (κ1) is 28.1. The highest BCUT2D eigenvalue weighted by Gasteiger charge is 2.39. The van der Waals surface area contributed by atoms with E-state index in [0.29, 0.717) is 48.3 Å². The van der Waals surface area contributed by atoms with E-state index in [1.165, 1.54) is 37.8 Å². The summed E-state index contributed by atoms with van der Waals surface area (Å²) in [5, 5.41) is 6.49. The van der Waals surface area contributed by atoms with E-state index in [1.54, 1.807) is 6.07 Å². The molecule has 2 saturated heterocycles. The van der Waals surface area contributed by atoms with Crippen molar-refractivity contribution < 1.29 is 19.1 Å². The summed E-state index contributed by atoms with van der Waals surface area (Å²) in [5.74, 6) is -0.690. The van der Waals surface area contributed by atoms with Crippen molar-refractivity contribution in [2.24, 2.45) is 5.41 Å². The molecule has 1 aromatic carbocycles. The third-order valence-electron chi connectivity index (χ3n) is 8.04. The third-order valence-corrected chi connectivity index (χ3v) is 8.48. The van der Waals surface area contributed by atoms with Crippen LogP contribution in [0.5, 0.6) is 0 Å². The zero-order valence-corrected chi connectivity index (χ0v) is 22.9. The van der Waals surface area contributed by atoms with Gasteiger partial charge in [0, 0.05) is 61.3 Å². The van der Waals surface area contributed by atoms with Crippen LogP contribution in [-0.4, -0.2) is 86.0 Å². The van der Waals surface area contributed by atoms with Crippen LogP contribution in [0.3, 0.4) is 0 Å². The summed E-state index contributed by atoms with van der Waals surface area (Å²) in [6.45, 7) is 5.85. The van der Waals surface area contributed by atoms with Crippen LogP contribution >= 0.6 is 23.2 Å². The van der Waals surface area contributed by atoms with Crippen LogP contribution in [0.25, 0.3) is 0 Å². The topological polar surface area (TPSA) is 91.0 Å². The molecule has 1 unspecified atom stereocenters. The number of amides is 3. The minimum atomic E-state index is -0.798.